The molecular weight excluding hydrogens is 258 g/mol. The van der Waals surface area contributed by atoms with Gasteiger partial charge in [-0.15, -0.1) is 0 Å². The van der Waals surface area contributed by atoms with Crippen LogP contribution in [0.2, 0.25) is 0 Å². The van der Waals surface area contributed by atoms with Crippen molar-refractivity contribution < 1.29 is 4.79 Å². The highest BCUT2D eigenvalue weighted by Crippen LogP contribution is 2.19. The average molecular weight is 281 g/mol. The third kappa shape index (κ3) is 5.12. The van der Waals surface area contributed by atoms with E-state index in [2.05, 4.69) is 18.5 Å². The van der Waals surface area contributed by atoms with Crippen molar-refractivity contribution in [2.75, 3.05) is 36.7 Å². The number of nitrogens with zero attached hydrogens (tertiary/aromatic N) is 1. The molecule has 0 saturated heterocycles. The number of carbonyl (C=O) groups is 1. The van der Waals surface area contributed by atoms with E-state index in [1.807, 2.05) is 37.1 Å². The summed E-state index contributed by atoms with van der Waals surface area (Å²) in [6.45, 7) is 4.46. The van der Waals surface area contributed by atoms with Gasteiger partial charge in [0.05, 0.1) is 17.9 Å². The molecule has 3 N–H and O–H groups in total. The van der Waals surface area contributed by atoms with Crippen LogP contribution in [0.1, 0.15) is 12.5 Å². The second-order valence-electron chi connectivity index (χ2n) is 4.86. The van der Waals surface area contributed by atoms with Gasteiger partial charge in [-0.1, -0.05) is 6.07 Å². The minimum Gasteiger partial charge on any atom is -0.397 e. The van der Waals surface area contributed by atoms with Crippen molar-refractivity contribution in [1.29, 1.82) is 0 Å². The van der Waals surface area contributed by atoms with Gasteiger partial charge in [0, 0.05) is 11.8 Å². The number of likely N-dealkylation sites (N-methyl/N-ethyl adjacent to an activating group) is 1. The van der Waals surface area contributed by atoms with E-state index in [0.29, 0.717) is 24.0 Å². The van der Waals surface area contributed by atoms with Crippen LogP contribution in [0.5, 0.6) is 0 Å². The summed E-state index contributed by atoms with van der Waals surface area (Å²) in [5, 5.41) is 2.85. The Morgan fingerprint density at radius 2 is 2.21 bits per heavy atom. The Kier molecular flexibility index (Phi) is 6.18. The maximum Gasteiger partial charge on any atom is 0.238 e. The van der Waals surface area contributed by atoms with E-state index in [1.165, 1.54) is 0 Å². The van der Waals surface area contributed by atoms with Gasteiger partial charge in [-0.3, -0.25) is 9.69 Å². The quantitative estimate of drug-likeness (QED) is 0.785. The Labute approximate surface area is 119 Å². The molecule has 1 amide bonds. The highest BCUT2D eigenvalue weighted by atomic mass is 32.2. The van der Waals surface area contributed by atoms with Gasteiger partial charge in [-0.05, 0) is 44.8 Å². The number of amides is 1. The zero-order valence-corrected chi connectivity index (χ0v) is 12.9. The van der Waals surface area contributed by atoms with Crippen LogP contribution >= 0.6 is 11.8 Å². The van der Waals surface area contributed by atoms with Crippen LogP contribution in [0.15, 0.2) is 18.2 Å². The fourth-order valence-electron chi connectivity index (χ4n) is 1.74. The molecule has 0 fully saturated rings. The molecule has 1 aromatic carbocycles. The lowest BCUT2D eigenvalue weighted by molar-refractivity contribution is -0.117. The van der Waals surface area contributed by atoms with Gasteiger partial charge >= 0.3 is 0 Å². The highest BCUT2D eigenvalue weighted by Gasteiger charge is 2.13. The molecule has 0 aromatic heterocycles. The second kappa shape index (κ2) is 7.40. The zero-order chi connectivity index (χ0) is 14.4. The van der Waals surface area contributed by atoms with Crippen LogP contribution in [0.3, 0.4) is 0 Å². The summed E-state index contributed by atoms with van der Waals surface area (Å²) >= 11 is 1.78. The normalized spacial score (nSPS) is 12.5. The summed E-state index contributed by atoms with van der Waals surface area (Å²) in [6, 6.07) is 6.01. The van der Waals surface area contributed by atoms with Crippen molar-refractivity contribution in [2.24, 2.45) is 0 Å². The maximum atomic E-state index is 12.0. The van der Waals surface area contributed by atoms with Crippen LogP contribution in [0.25, 0.3) is 0 Å². The lowest BCUT2D eigenvalue weighted by atomic mass is 10.2. The second-order valence-corrected chi connectivity index (χ2v) is 5.77. The Morgan fingerprint density at radius 3 is 2.79 bits per heavy atom. The number of thioether (sulfide) groups is 1. The summed E-state index contributed by atoms with van der Waals surface area (Å²) in [6.07, 6.45) is 2.07. The SMILES string of the molecule is CSCC(C)N(C)CC(=O)Nc1ccc(C)cc1N. The predicted octanol–water partition coefficient (Wildman–Crippen LogP) is 2.20. The number of anilines is 2. The molecule has 0 aliphatic carbocycles. The van der Waals surface area contributed by atoms with E-state index < -0.39 is 0 Å². The summed E-state index contributed by atoms with van der Waals surface area (Å²) in [4.78, 5) is 14.0. The minimum absolute atomic E-state index is 0.0361. The largest absolute Gasteiger partial charge is 0.397 e. The molecule has 4 nitrogen and oxygen atoms in total. The Balaban J connectivity index is 2.55. The Morgan fingerprint density at radius 1 is 1.53 bits per heavy atom. The number of carbonyl (C=O) groups excluding carboxylic acids is 1. The molecule has 1 rings (SSSR count). The monoisotopic (exact) mass is 281 g/mol. The van der Waals surface area contributed by atoms with Crippen LogP contribution in [0, 0.1) is 6.92 Å². The van der Waals surface area contributed by atoms with Crippen LogP contribution in [0.4, 0.5) is 11.4 Å². The minimum atomic E-state index is -0.0361. The van der Waals surface area contributed by atoms with Crippen LogP contribution < -0.4 is 11.1 Å². The summed E-state index contributed by atoms with van der Waals surface area (Å²) in [5.41, 5.74) is 8.25. The average Bonchev–Trinajstić information content (AvgIpc) is 2.33. The van der Waals surface area contributed by atoms with Crippen molar-refractivity contribution in [3.8, 4) is 0 Å². The lowest BCUT2D eigenvalue weighted by Crippen LogP contribution is -2.37. The van der Waals surface area contributed by atoms with Crippen molar-refractivity contribution in [3.05, 3.63) is 23.8 Å². The van der Waals surface area contributed by atoms with Gasteiger partial charge in [0.2, 0.25) is 5.91 Å². The fraction of sp³-hybridized carbons (Fsp3) is 0.500. The third-order valence-electron chi connectivity index (χ3n) is 3.03. The number of nitrogens with one attached hydrogen (secondary N) is 1. The molecule has 1 aromatic rings. The number of benzene rings is 1. The van der Waals surface area contributed by atoms with E-state index >= 15 is 0 Å². The van der Waals surface area contributed by atoms with E-state index in [9.17, 15) is 4.79 Å². The zero-order valence-electron chi connectivity index (χ0n) is 12.1. The third-order valence-corrected chi connectivity index (χ3v) is 3.85. The standard InChI is InChI=1S/C14H23N3OS/c1-10-5-6-13(12(15)7-10)16-14(18)8-17(3)11(2)9-19-4/h5-7,11H,8-9,15H2,1-4H3,(H,16,18). The molecule has 0 aliphatic heterocycles. The van der Waals surface area contributed by atoms with Crippen molar-refractivity contribution in [2.45, 2.75) is 19.9 Å². The lowest BCUT2D eigenvalue weighted by Gasteiger charge is -2.23. The van der Waals surface area contributed by atoms with Gasteiger partial charge in [0.25, 0.3) is 0 Å². The molecule has 1 atom stereocenters. The number of hydrogen-bond donors (Lipinski definition) is 2. The molecule has 0 radical (unpaired) electrons. The number of rotatable bonds is 6. The van der Waals surface area contributed by atoms with Gasteiger partial charge in [0.1, 0.15) is 0 Å². The Bertz CT molecular complexity index is 437. The van der Waals surface area contributed by atoms with E-state index in [0.717, 1.165) is 11.3 Å². The first kappa shape index (κ1) is 15.9. The molecule has 0 spiro atoms. The van der Waals surface area contributed by atoms with E-state index in [1.54, 1.807) is 11.8 Å². The molecule has 1 unspecified atom stereocenters. The first-order chi connectivity index (χ1) is 8.93. The highest BCUT2D eigenvalue weighted by molar-refractivity contribution is 7.98. The number of nitrogen functional groups attached to an aromatic ring is 1. The fourth-order valence-corrected chi connectivity index (χ4v) is 2.47. The first-order valence-corrected chi connectivity index (χ1v) is 7.68. The smallest absolute Gasteiger partial charge is 0.238 e. The van der Waals surface area contributed by atoms with Crippen LogP contribution in [-0.2, 0) is 4.79 Å². The molecule has 0 bridgehead atoms. The number of aryl methyl sites for hydroxylation is 1. The molecule has 0 saturated carbocycles. The summed E-state index contributed by atoms with van der Waals surface area (Å²) < 4.78 is 0. The van der Waals surface area contributed by atoms with Crippen molar-refractivity contribution >= 4 is 29.0 Å². The molecule has 0 heterocycles. The van der Waals surface area contributed by atoms with Crippen LogP contribution in [-0.4, -0.2) is 42.4 Å². The molecule has 19 heavy (non-hydrogen) atoms. The number of nitrogens with two attached hydrogens (primary N) is 1. The van der Waals surface area contributed by atoms with Gasteiger partial charge in [0.15, 0.2) is 0 Å². The van der Waals surface area contributed by atoms with Gasteiger partial charge in [-0.2, -0.15) is 11.8 Å². The number of hydrogen-bond acceptors (Lipinski definition) is 4. The van der Waals surface area contributed by atoms with E-state index in [4.69, 9.17) is 5.73 Å². The van der Waals surface area contributed by atoms with Crippen molar-refractivity contribution in [3.63, 3.8) is 0 Å². The Hall–Kier alpha value is -1.20. The predicted molar refractivity (Wildman–Crippen MR) is 84.7 cm³/mol. The first-order valence-electron chi connectivity index (χ1n) is 6.29. The van der Waals surface area contributed by atoms with Gasteiger partial charge in [-0.25, -0.2) is 0 Å². The topological polar surface area (TPSA) is 58.4 Å². The van der Waals surface area contributed by atoms with Crippen molar-refractivity contribution in [1.82, 2.24) is 4.90 Å². The molecular formula is C14H23N3OS. The molecule has 5 heteroatoms. The summed E-state index contributed by atoms with van der Waals surface area (Å²) in [7, 11) is 1.96. The van der Waals surface area contributed by atoms with E-state index in [-0.39, 0.29) is 5.91 Å². The summed E-state index contributed by atoms with van der Waals surface area (Å²) in [5.74, 6) is 0.974. The molecule has 0 aliphatic rings. The maximum absolute atomic E-state index is 12.0. The van der Waals surface area contributed by atoms with Gasteiger partial charge < -0.3 is 11.1 Å². The molecule has 106 valence electrons.